The first-order chi connectivity index (χ1) is 10.5. The van der Waals surface area contributed by atoms with Gasteiger partial charge in [0, 0.05) is 11.8 Å². The minimum Gasteiger partial charge on any atom is -0.502 e. The Bertz CT molecular complexity index is 561. The van der Waals surface area contributed by atoms with E-state index in [0.29, 0.717) is 5.92 Å². The van der Waals surface area contributed by atoms with Gasteiger partial charge in [0.1, 0.15) is 6.61 Å². The maximum absolute atomic E-state index is 11.9. The molecule has 0 saturated heterocycles. The first kappa shape index (κ1) is 16.2. The summed E-state index contributed by atoms with van der Waals surface area (Å²) in [7, 11) is 0. The second kappa shape index (κ2) is 7.22. The van der Waals surface area contributed by atoms with Gasteiger partial charge in [-0.3, -0.25) is 14.9 Å². The van der Waals surface area contributed by atoms with Crippen molar-refractivity contribution in [1.29, 1.82) is 0 Å². The van der Waals surface area contributed by atoms with Crippen LogP contribution >= 0.6 is 0 Å². The Morgan fingerprint density at radius 1 is 1.45 bits per heavy atom. The van der Waals surface area contributed by atoms with Gasteiger partial charge in [0.25, 0.3) is 0 Å². The smallest absolute Gasteiger partial charge is 0.312 e. The average Bonchev–Trinajstić information content (AvgIpc) is 2.48. The fourth-order valence-electron chi connectivity index (χ4n) is 2.66. The highest BCUT2D eigenvalue weighted by Crippen LogP contribution is 2.29. The lowest BCUT2D eigenvalue weighted by atomic mass is 9.88. The molecule has 7 heteroatoms. The van der Waals surface area contributed by atoms with Gasteiger partial charge in [-0.2, -0.15) is 0 Å². The molecule has 2 atom stereocenters. The lowest BCUT2D eigenvalue weighted by Gasteiger charge is -2.28. The van der Waals surface area contributed by atoms with E-state index in [1.54, 1.807) is 0 Å². The number of amides is 1. The van der Waals surface area contributed by atoms with Crippen molar-refractivity contribution < 1.29 is 19.6 Å². The number of phenols is 1. The van der Waals surface area contributed by atoms with Crippen molar-refractivity contribution in [2.24, 2.45) is 5.92 Å². The fraction of sp³-hybridized carbons (Fsp3) is 0.533. The minimum absolute atomic E-state index is 0.0797. The van der Waals surface area contributed by atoms with E-state index in [0.717, 1.165) is 25.3 Å². The molecule has 2 N–H and O–H groups in total. The molecule has 0 heterocycles. The van der Waals surface area contributed by atoms with Gasteiger partial charge in [0.05, 0.1) is 11.0 Å². The van der Waals surface area contributed by atoms with E-state index >= 15 is 0 Å². The largest absolute Gasteiger partial charge is 0.502 e. The molecule has 0 aliphatic heterocycles. The lowest BCUT2D eigenvalue weighted by molar-refractivity contribution is -0.385. The van der Waals surface area contributed by atoms with E-state index in [9.17, 15) is 20.0 Å². The van der Waals surface area contributed by atoms with E-state index in [1.165, 1.54) is 18.6 Å². The number of nitro benzene ring substituents is 1. The van der Waals surface area contributed by atoms with Gasteiger partial charge in [-0.25, -0.2) is 0 Å². The summed E-state index contributed by atoms with van der Waals surface area (Å²) < 4.78 is 5.64. The molecule has 1 amide bonds. The van der Waals surface area contributed by atoms with Crippen LogP contribution in [0.1, 0.15) is 32.6 Å². The number of carbonyl (C=O) groups is 1. The van der Waals surface area contributed by atoms with Crippen molar-refractivity contribution in [2.45, 2.75) is 38.7 Å². The molecule has 7 nitrogen and oxygen atoms in total. The van der Waals surface area contributed by atoms with Crippen molar-refractivity contribution in [1.82, 2.24) is 0 Å². The summed E-state index contributed by atoms with van der Waals surface area (Å²) in [6, 6.07) is 3.71. The third kappa shape index (κ3) is 4.17. The molecule has 1 aliphatic rings. The summed E-state index contributed by atoms with van der Waals surface area (Å²) in [5.74, 6) is -0.357. The number of hydrogen-bond acceptors (Lipinski definition) is 5. The first-order valence-corrected chi connectivity index (χ1v) is 7.36. The Hall–Kier alpha value is -2.15. The first-order valence-electron chi connectivity index (χ1n) is 7.36. The summed E-state index contributed by atoms with van der Waals surface area (Å²) in [6.45, 7) is 2.04. The molecule has 1 aromatic rings. The van der Waals surface area contributed by atoms with Crippen LogP contribution < -0.4 is 5.32 Å². The maximum Gasteiger partial charge on any atom is 0.312 e. The number of ether oxygens (including phenoxy) is 1. The average molecular weight is 308 g/mol. The fourth-order valence-corrected chi connectivity index (χ4v) is 2.66. The van der Waals surface area contributed by atoms with Gasteiger partial charge in [0.2, 0.25) is 5.91 Å². The van der Waals surface area contributed by atoms with Crippen LogP contribution in [-0.2, 0) is 9.53 Å². The van der Waals surface area contributed by atoms with Gasteiger partial charge in [-0.15, -0.1) is 0 Å². The van der Waals surface area contributed by atoms with Crippen molar-refractivity contribution in [3.8, 4) is 5.75 Å². The van der Waals surface area contributed by atoms with Crippen molar-refractivity contribution in [3.63, 3.8) is 0 Å². The minimum atomic E-state index is -0.703. The zero-order chi connectivity index (χ0) is 16.1. The summed E-state index contributed by atoms with van der Waals surface area (Å²) in [5, 5.41) is 22.6. The highest BCUT2D eigenvalue weighted by atomic mass is 16.6. The van der Waals surface area contributed by atoms with E-state index in [4.69, 9.17) is 4.74 Å². The summed E-state index contributed by atoms with van der Waals surface area (Å²) >= 11 is 0. The van der Waals surface area contributed by atoms with Crippen LogP contribution in [0.5, 0.6) is 5.75 Å². The van der Waals surface area contributed by atoms with Crippen LogP contribution in [0.15, 0.2) is 18.2 Å². The molecule has 22 heavy (non-hydrogen) atoms. The molecule has 0 radical (unpaired) electrons. The molecule has 1 aromatic carbocycles. The number of aromatic hydroxyl groups is 1. The SMILES string of the molecule is C[C@@H]1CCCC[C@H]1OCC(=O)Nc1ccc(O)c([N+](=O)[O-])c1. The van der Waals surface area contributed by atoms with Crippen molar-refractivity contribution in [3.05, 3.63) is 28.3 Å². The van der Waals surface area contributed by atoms with Crippen LogP contribution in [0.4, 0.5) is 11.4 Å². The molecule has 0 unspecified atom stereocenters. The van der Waals surface area contributed by atoms with Gasteiger partial charge >= 0.3 is 5.69 Å². The molecular formula is C15H20N2O5. The number of nitrogens with one attached hydrogen (secondary N) is 1. The Morgan fingerprint density at radius 2 is 2.18 bits per heavy atom. The van der Waals surface area contributed by atoms with E-state index in [2.05, 4.69) is 12.2 Å². The zero-order valence-corrected chi connectivity index (χ0v) is 12.4. The predicted molar refractivity (Wildman–Crippen MR) is 80.8 cm³/mol. The number of carbonyl (C=O) groups excluding carboxylic acids is 1. The Balaban J connectivity index is 1.89. The van der Waals surface area contributed by atoms with Crippen molar-refractivity contribution in [2.75, 3.05) is 11.9 Å². The Labute approximate surface area is 128 Å². The van der Waals surface area contributed by atoms with Crippen LogP contribution in [0, 0.1) is 16.0 Å². The van der Waals surface area contributed by atoms with E-state index in [-0.39, 0.29) is 24.3 Å². The normalized spacial score (nSPS) is 21.3. The second-order valence-corrected chi connectivity index (χ2v) is 5.62. The number of nitro groups is 1. The quantitative estimate of drug-likeness (QED) is 0.495. The number of benzene rings is 1. The van der Waals surface area contributed by atoms with E-state index in [1.807, 2.05) is 0 Å². The van der Waals surface area contributed by atoms with Crippen LogP contribution in [0.25, 0.3) is 0 Å². The van der Waals surface area contributed by atoms with Crippen LogP contribution in [0.3, 0.4) is 0 Å². The molecular weight excluding hydrogens is 288 g/mol. The number of nitrogens with zero attached hydrogens (tertiary/aromatic N) is 1. The highest BCUT2D eigenvalue weighted by Gasteiger charge is 2.22. The summed E-state index contributed by atoms with van der Waals surface area (Å²) in [6.07, 6.45) is 4.47. The standard InChI is InChI=1S/C15H20N2O5/c1-10-4-2-3-5-14(10)22-9-15(19)16-11-6-7-13(18)12(8-11)17(20)21/h6-8,10,14,18H,2-5,9H2,1H3,(H,16,19)/t10-,14-/m1/s1. The number of rotatable bonds is 5. The third-order valence-electron chi connectivity index (χ3n) is 3.92. The molecule has 1 aliphatic carbocycles. The molecule has 0 bridgehead atoms. The third-order valence-corrected chi connectivity index (χ3v) is 3.92. The number of phenolic OH excluding ortho intramolecular Hbond substituents is 1. The Kier molecular flexibility index (Phi) is 5.32. The molecule has 1 fully saturated rings. The summed E-state index contributed by atoms with van der Waals surface area (Å²) in [5.41, 5.74) is -0.186. The predicted octanol–water partition coefficient (Wildman–Crippen LogP) is 2.83. The maximum atomic E-state index is 11.9. The van der Waals surface area contributed by atoms with E-state index < -0.39 is 16.4 Å². The van der Waals surface area contributed by atoms with Crippen LogP contribution in [0.2, 0.25) is 0 Å². The topological polar surface area (TPSA) is 102 Å². The van der Waals surface area contributed by atoms with Gasteiger partial charge in [-0.1, -0.05) is 19.8 Å². The molecule has 0 aromatic heterocycles. The monoisotopic (exact) mass is 308 g/mol. The second-order valence-electron chi connectivity index (χ2n) is 5.62. The molecule has 2 rings (SSSR count). The lowest BCUT2D eigenvalue weighted by Crippen LogP contribution is -2.29. The van der Waals surface area contributed by atoms with Gasteiger partial charge in [0.15, 0.2) is 5.75 Å². The van der Waals surface area contributed by atoms with Gasteiger partial charge < -0.3 is 15.2 Å². The zero-order valence-electron chi connectivity index (χ0n) is 12.4. The number of hydrogen-bond donors (Lipinski definition) is 2. The molecule has 120 valence electrons. The molecule has 1 saturated carbocycles. The van der Waals surface area contributed by atoms with Crippen molar-refractivity contribution >= 4 is 17.3 Å². The molecule has 0 spiro atoms. The Morgan fingerprint density at radius 3 is 2.86 bits per heavy atom. The van der Waals surface area contributed by atoms with Crippen LogP contribution in [-0.4, -0.2) is 28.6 Å². The number of anilines is 1. The highest BCUT2D eigenvalue weighted by molar-refractivity contribution is 5.92. The van der Waals surface area contributed by atoms with Gasteiger partial charge in [-0.05, 0) is 30.9 Å². The summed E-state index contributed by atoms with van der Waals surface area (Å²) in [4.78, 5) is 21.9.